The number of benzene rings is 1. The summed E-state index contributed by atoms with van der Waals surface area (Å²) in [5, 5.41) is 0. The number of methoxy groups -OCH3 is 1. The van der Waals surface area contributed by atoms with Gasteiger partial charge in [-0.15, -0.1) is 0 Å². The first-order valence-electron chi connectivity index (χ1n) is 6.54. The first kappa shape index (κ1) is 14.6. The summed E-state index contributed by atoms with van der Waals surface area (Å²) in [5.74, 6) is 0.800. The second-order valence-corrected chi connectivity index (χ2v) is 4.28. The van der Waals surface area contributed by atoms with Crippen molar-refractivity contribution in [2.24, 2.45) is 0 Å². The fraction of sp³-hybridized carbons (Fsp3) is 0.500. The van der Waals surface area contributed by atoms with E-state index >= 15 is 0 Å². The summed E-state index contributed by atoms with van der Waals surface area (Å²) in [7, 11) is 3.52. The highest BCUT2D eigenvalue weighted by atomic mass is 16.5. The van der Waals surface area contributed by atoms with Crippen LogP contribution in [0.2, 0.25) is 6.32 Å². The predicted molar refractivity (Wildman–Crippen MR) is 74.9 cm³/mol. The van der Waals surface area contributed by atoms with Gasteiger partial charge >= 0.3 is 5.97 Å². The minimum Gasteiger partial charge on any atom is -0.494 e. The monoisotopic (exact) mass is 248 g/mol. The molecule has 18 heavy (non-hydrogen) atoms. The Hall–Kier alpha value is -1.45. The lowest BCUT2D eigenvalue weighted by molar-refractivity contribution is -0.140. The van der Waals surface area contributed by atoms with Crippen LogP contribution < -0.4 is 4.74 Å². The van der Waals surface area contributed by atoms with Crippen LogP contribution in [0.4, 0.5) is 0 Å². The van der Waals surface area contributed by atoms with E-state index in [0.29, 0.717) is 6.42 Å². The molecule has 0 bridgehead atoms. The van der Waals surface area contributed by atoms with E-state index in [2.05, 4.69) is 24.7 Å². The fourth-order valence-corrected chi connectivity index (χ4v) is 1.67. The number of ether oxygens (including phenoxy) is 2. The van der Waals surface area contributed by atoms with Gasteiger partial charge in [0.15, 0.2) is 0 Å². The molecule has 0 fully saturated rings. The number of aryl methyl sites for hydroxylation is 1. The van der Waals surface area contributed by atoms with Gasteiger partial charge in [-0.2, -0.15) is 0 Å². The van der Waals surface area contributed by atoms with Crippen molar-refractivity contribution in [3.05, 3.63) is 29.8 Å². The highest BCUT2D eigenvalue weighted by Gasteiger charge is 2.00. The molecule has 0 aliphatic heterocycles. The van der Waals surface area contributed by atoms with Crippen LogP contribution in [-0.2, 0) is 16.0 Å². The second-order valence-electron chi connectivity index (χ2n) is 4.28. The van der Waals surface area contributed by atoms with E-state index in [4.69, 9.17) is 4.74 Å². The van der Waals surface area contributed by atoms with Gasteiger partial charge in [-0.3, -0.25) is 4.79 Å². The Labute approximate surface area is 110 Å². The van der Waals surface area contributed by atoms with Crippen LogP contribution in [0.25, 0.3) is 0 Å². The summed E-state index contributed by atoms with van der Waals surface area (Å²) >= 11 is 0. The number of carbonyl (C=O) groups excluding carboxylic acids is 1. The minimum atomic E-state index is -0.127. The molecule has 0 amide bonds. The third-order valence-corrected chi connectivity index (χ3v) is 2.72. The van der Waals surface area contributed by atoms with Crippen molar-refractivity contribution in [3.63, 3.8) is 0 Å². The highest BCUT2D eigenvalue weighted by molar-refractivity contribution is 6.08. The van der Waals surface area contributed by atoms with Crippen molar-refractivity contribution in [3.8, 4) is 5.75 Å². The smallest absolute Gasteiger partial charge is 0.305 e. The SMILES string of the molecule is BCCOc1ccc(CCCCC(=O)OC)cc1. The highest BCUT2D eigenvalue weighted by Crippen LogP contribution is 2.14. The van der Waals surface area contributed by atoms with E-state index in [0.717, 1.165) is 37.9 Å². The molecular formula is C14H21BO3. The predicted octanol–water partition coefficient (Wildman–Crippen LogP) is 2.00. The fourth-order valence-electron chi connectivity index (χ4n) is 1.67. The molecule has 0 aliphatic carbocycles. The number of rotatable bonds is 8. The first-order chi connectivity index (χ1) is 8.76. The average molecular weight is 248 g/mol. The van der Waals surface area contributed by atoms with E-state index in [1.807, 2.05) is 12.1 Å². The molecule has 0 saturated carbocycles. The number of hydrogen-bond acceptors (Lipinski definition) is 3. The number of unbranched alkanes of at least 4 members (excludes halogenated alkanes) is 1. The number of carbonyl (C=O) groups is 1. The van der Waals surface area contributed by atoms with E-state index in [9.17, 15) is 4.79 Å². The summed E-state index contributed by atoms with van der Waals surface area (Å²) in [4.78, 5) is 10.9. The van der Waals surface area contributed by atoms with Gasteiger partial charge in [0.1, 0.15) is 13.6 Å². The van der Waals surface area contributed by atoms with Gasteiger partial charge in [-0.25, -0.2) is 0 Å². The van der Waals surface area contributed by atoms with Crippen LogP contribution in [-0.4, -0.2) is 27.5 Å². The maximum Gasteiger partial charge on any atom is 0.305 e. The molecule has 0 atom stereocenters. The summed E-state index contributed by atoms with van der Waals surface area (Å²) in [6.45, 7) is 0.762. The van der Waals surface area contributed by atoms with Crippen molar-refractivity contribution >= 4 is 13.8 Å². The van der Waals surface area contributed by atoms with Crippen LogP contribution in [0.5, 0.6) is 5.75 Å². The lowest BCUT2D eigenvalue weighted by Crippen LogP contribution is -1.99. The van der Waals surface area contributed by atoms with Gasteiger partial charge in [0, 0.05) is 6.42 Å². The molecule has 0 aromatic heterocycles. The van der Waals surface area contributed by atoms with Crippen LogP contribution >= 0.6 is 0 Å². The van der Waals surface area contributed by atoms with Crippen molar-refractivity contribution in [2.45, 2.75) is 32.0 Å². The summed E-state index contributed by atoms with van der Waals surface area (Å²) < 4.78 is 10.1. The second kappa shape index (κ2) is 8.62. The van der Waals surface area contributed by atoms with E-state index in [1.165, 1.54) is 12.7 Å². The van der Waals surface area contributed by atoms with E-state index in [-0.39, 0.29) is 5.97 Å². The molecule has 0 saturated heterocycles. The maximum absolute atomic E-state index is 10.9. The minimum absolute atomic E-state index is 0.127. The molecule has 4 heteroatoms. The Bertz CT molecular complexity index is 349. The van der Waals surface area contributed by atoms with Crippen LogP contribution in [0.3, 0.4) is 0 Å². The normalized spacial score (nSPS) is 10.1. The molecule has 1 aromatic rings. The van der Waals surface area contributed by atoms with Crippen molar-refractivity contribution in [2.75, 3.05) is 13.7 Å². The van der Waals surface area contributed by atoms with Gasteiger partial charge in [0.05, 0.1) is 13.7 Å². The molecule has 0 N–H and O–H groups in total. The standard InChI is InChI=1S/C14H21BO3/c1-17-14(16)5-3-2-4-12-6-8-13(9-7-12)18-11-10-15/h6-9H,2-5,10-11,15H2,1H3. The van der Waals surface area contributed by atoms with Gasteiger partial charge in [-0.1, -0.05) is 12.1 Å². The van der Waals surface area contributed by atoms with Gasteiger partial charge in [0.25, 0.3) is 0 Å². The third kappa shape index (κ3) is 5.76. The Kier molecular flexibility index (Phi) is 7.00. The number of esters is 1. The molecule has 3 nitrogen and oxygen atoms in total. The lowest BCUT2D eigenvalue weighted by Gasteiger charge is -2.06. The zero-order valence-corrected chi connectivity index (χ0v) is 11.3. The van der Waals surface area contributed by atoms with Gasteiger partial charge in [-0.05, 0) is 43.3 Å². The van der Waals surface area contributed by atoms with Crippen molar-refractivity contribution in [1.29, 1.82) is 0 Å². The zero-order valence-electron chi connectivity index (χ0n) is 11.3. The Morgan fingerprint density at radius 3 is 2.56 bits per heavy atom. The van der Waals surface area contributed by atoms with Crippen molar-refractivity contribution < 1.29 is 14.3 Å². The molecule has 0 unspecified atom stereocenters. The summed E-state index contributed by atoms with van der Waals surface area (Å²) in [6.07, 6.45) is 4.40. The molecule has 0 spiro atoms. The Balaban J connectivity index is 2.24. The quantitative estimate of drug-likeness (QED) is 0.401. The molecule has 1 aromatic carbocycles. The number of hydrogen-bond donors (Lipinski definition) is 0. The molecule has 0 heterocycles. The molecular weight excluding hydrogens is 227 g/mol. The zero-order chi connectivity index (χ0) is 13.2. The van der Waals surface area contributed by atoms with Gasteiger partial charge < -0.3 is 9.47 Å². The molecule has 1 rings (SSSR count). The first-order valence-corrected chi connectivity index (χ1v) is 6.54. The molecule has 98 valence electrons. The van der Waals surface area contributed by atoms with Crippen LogP contribution in [0.1, 0.15) is 24.8 Å². The maximum atomic E-state index is 10.9. The van der Waals surface area contributed by atoms with E-state index in [1.54, 1.807) is 0 Å². The van der Waals surface area contributed by atoms with Crippen LogP contribution in [0, 0.1) is 0 Å². The summed E-state index contributed by atoms with van der Waals surface area (Å²) in [5.41, 5.74) is 1.28. The topological polar surface area (TPSA) is 35.5 Å². The Morgan fingerprint density at radius 2 is 1.94 bits per heavy atom. The Morgan fingerprint density at radius 1 is 1.22 bits per heavy atom. The van der Waals surface area contributed by atoms with Gasteiger partial charge in [0.2, 0.25) is 0 Å². The van der Waals surface area contributed by atoms with E-state index < -0.39 is 0 Å². The lowest BCUT2D eigenvalue weighted by atomic mass is 10.1. The molecule has 0 radical (unpaired) electrons. The van der Waals surface area contributed by atoms with Crippen molar-refractivity contribution in [1.82, 2.24) is 0 Å². The summed E-state index contributed by atoms with van der Waals surface area (Å²) in [6, 6.07) is 8.18. The molecule has 0 aliphatic rings. The van der Waals surface area contributed by atoms with Crippen LogP contribution in [0.15, 0.2) is 24.3 Å². The third-order valence-electron chi connectivity index (χ3n) is 2.72. The largest absolute Gasteiger partial charge is 0.494 e. The average Bonchev–Trinajstić information content (AvgIpc) is 2.42.